The number of hydrogen-bond donors (Lipinski definition) is 2. The summed E-state index contributed by atoms with van der Waals surface area (Å²) in [6.07, 6.45) is 6.07. The molecular weight excluding hydrogens is 396 g/mol. The van der Waals surface area contributed by atoms with Crippen molar-refractivity contribution in [1.82, 2.24) is 25.1 Å². The van der Waals surface area contributed by atoms with Crippen molar-refractivity contribution >= 4 is 32.9 Å². The molecule has 1 saturated heterocycles. The first kappa shape index (κ1) is 16.9. The highest BCUT2D eigenvalue weighted by Crippen LogP contribution is 2.28. The Bertz CT molecular complexity index is 970. The third kappa shape index (κ3) is 3.13. The van der Waals surface area contributed by atoms with E-state index in [1.807, 2.05) is 12.3 Å². The standard InChI is InChI=1S/C17H17BrN8/c18-14-13-12(9-19)22-16(23-15(13)25-24-14)26-6-3-17(20,4-7-26)8-11-2-1-5-21-10-11/h1-2,5,10H,3-4,6-8,20H2,(H,22,23,24,25). The molecule has 0 aromatic carbocycles. The van der Waals surface area contributed by atoms with Gasteiger partial charge in [0, 0.05) is 31.0 Å². The van der Waals surface area contributed by atoms with E-state index >= 15 is 0 Å². The number of piperidine rings is 1. The number of halogens is 1. The Morgan fingerprint density at radius 1 is 1.35 bits per heavy atom. The molecule has 4 rings (SSSR count). The van der Waals surface area contributed by atoms with E-state index < -0.39 is 0 Å². The quantitative estimate of drug-likeness (QED) is 0.673. The average Bonchev–Trinajstić information content (AvgIpc) is 3.03. The third-order valence-corrected chi connectivity index (χ3v) is 5.36. The molecule has 0 spiro atoms. The summed E-state index contributed by atoms with van der Waals surface area (Å²) in [5, 5.41) is 16.9. The number of H-pyrrole nitrogens is 1. The van der Waals surface area contributed by atoms with Gasteiger partial charge in [0.05, 0.1) is 5.39 Å². The lowest BCUT2D eigenvalue weighted by Gasteiger charge is -2.39. The molecule has 4 heterocycles. The zero-order valence-corrected chi connectivity index (χ0v) is 15.6. The van der Waals surface area contributed by atoms with Crippen LogP contribution in [-0.2, 0) is 6.42 Å². The Morgan fingerprint density at radius 2 is 2.15 bits per heavy atom. The van der Waals surface area contributed by atoms with E-state index in [2.05, 4.69) is 58.1 Å². The first-order valence-corrected chi connectivity index (χ1v) is 9.12. The molecule has 3 aromatic heterocycles. The fraction of sp³-hybridized carbons (Fsp3) is 0.353. The molecule has 1 fully saturated rings. The third-order valence-electron chi connectivity index (χ3n) is 4.79. The van der Waals surface area contributed by atoms with E-state index in [9.17, 15) is 5.26 Å². The van der Waals surface area contributed by atoms with Crippen LogP contribution in [0.3, 0.4) is 0 Å². The number of hydrogen-bond acceptors (Lipinski definition) is 7. The van der Waals surface area contributed by atoms with Crippen molar-refractivity contribution in [2.24, 2.45) is 5.73 Å². The fourth-order valence-corrected chi connectivity index (χ4v) is 3.81. The van der Waals surface area contributed by atoms with Crippen molar-refractivity contribution in [2.75, 3.05) is 18.0 Å². The molecular formula is C17H17BrN8. The van der Waals surface area contributed by atoms with Gasteiger partial charge in [-0.2, -0.15) is 15.3 Å². The van der Waals surface area contributed by atoms with Gasteiger partial charge >= 0.3 is 0 Å². The summed E-state index contributed by atoms with van der Waals surface area (Å²) >= 11 is 3.32. The zero-order chi connectivity index (χ0) is 18.1. The molecule has 3 aromatic rings. The second kappa shape index (κ2) is 6.63. The number of aromatic nitrogens is 5. The summed E-state index contributed by atoms with van der Waals surface area (Å²) in [6.45, 7) is 1.48. The maximum atomic E-state index is 9.40. The number of aromatic amines is 1. The first-order valence-electron chi connectivity index (χ1n) is 8.32. The lowest BCUT2D eigenvalue weighted by atomic mass is 9.83. The van der Waals surface area contributed by atoms with Crippen LogP contribution in [0.25, 0.3) is 11.0 Å². The van der Waals surface area contributed by atoms with Gasteiger partial charge in [-0.3, -0.25) is 10.1 Å². The van der Waals surface area contributed by atoms with E-state index in [-0.39, 0.29) is 5.54 Å². The number of nitrogens with zero attached hydrogens (tertiary/aromatic N) is 6. The van der Waals surface area contributed by atoms with Crippen molar-refractivity contribution in [3.05, 3.63) is 40.4 Å². The molecule has 0 radical (unpaired) electrons. The number of nitriles is 1. The monoisotopic (exact) mass is 412 g/mol. The molecule has 26 heavy (non-hydrogen) atoms. The molecule has 0 unspecified atom stereocenters. The Balaban J connectivity index is 1.53. The Kier molecular flexibility index (Phi) is 4.30. The molecule has 1 aliphatic rings. The van der Waals surface area contributed by atoms with E-state index in [4.69, 9.17) is 5.73 Å². The number of nitrogens with one attached hydrogen (secondary N) is 1. The van der Waals surface area contributed by atoms with Crippen LogP contribution >= 0.6 is 15.9 Å². The summed E-state index contributed by atoms with van der Waals surface area (Å²) in [6, 6.07) is 6.12. The van der Waals surface area contributed by atoms with Gasteiger partial charge < -0.3 is 10.6 Å². The zero-order valence-electron chi connectivity index (χ0n) is 14.0. The number of pyridine rings is 1. The van der Waals surface area contributed by atoms with Crippen LogP contribution in [-0.4, -0.2) is 43.8 Å². The van der Waals surface area contributed by atoms with Gasteiger partial charge in [0.1, 0.15) is 10.7 Å². The molecule has 0 bridgehead atoms. The van der Waals surface area contributed by atoms with Crippen LogP contribution in [0.1, 0.15) is 24.1 Å². The van der Waals surface area contributed by atoms with Crippen molar-refractivity contribution in [2.45, 2.75) is 24.8 Å². The topological polar surface area (TPSA) is 120 Å². The van der Waals surface area contributed by atoms with E-state index in [1.54, 1.807) is 6.20 Å². The van der Waals surface area contributed by atoms with Gasteiger partial charge in [-0.15, -0.1) is 0 Å². The number of fused-ring (bicyclic) bond motifs is 1. The Morgan fingerprint density at radius 3 is 2.85 bits per heavy atom. The van der Waals surface area contributed by atoms with Crippen molar-refractivity contribution in [3.63, 3.8) is 0 Å². The van der Waals surface area contributed by atoms with Crippen molar-refractivity contribution in [1.29, 1.82) is 5.26 Å². The van der Waals surface area contributed by atoms with Crippen LogP contribution in [0.4, 0.5) is 5.95 Å². The molecule has 3 N–H and O–H groups in total. The lowest BCUT2D eigenvalue weighted by Crippen LogP contribution is -2.52. The molecule has 0 atom stereocenters. The summed E-state index contributed by atoms with van der Waals surface area (Å²) in [5.74, 6) is 0.536. The van der Waals surface area contributed by atoms with Gasteiger partial charge in [0.2, 0.25) is 5.95 Å². The van der Waals surface area contributed by atoms with Crippen LogP contribution in [0.2, 0.25) is 0 Å². The molecule has 1 aliphatic heterocycles. The Labute approximate surface area is 158 Å². The molecule has 0 saturated carbocycles. The predicted octanol–water partition coefficient (Wildman–Crippen LogP) is 1.92. The highest BCUT2D eigenvalue weighted by Gasteiger charge is 2.32. The molecule has 8 nitrogen and oxygen atoms in total. The largest absolute Gasteiger partial charge is 0.341 e. The van der Waals surface area contributed by atoms with E-state index in [1.165, 1.54) is 0 Å². The first-order chi connectivity index (χ1) is 12.6. The van der Waals surface area contributed by atoms with Crippen molar-refractivity contribution < 1.29 is 0 Å². The maximum Gasteiger partial charge on any atom is 0.228 e. The molecule has 0 aliphatic carbocycles. The minimum Gasteiger partial charge on any atom is -0.341 e. The SMILES string of the molecule is N#Cc1nc(N2CCC(N)(Cc3cccnc3)CC2)nc2[nH]nc(Br)c12. The van der Waals surface area contributed by atoms with Gasteiger partial charge in [0.25, 0.3) is 0 Å². The highest BCUT2D eigenvalue weighted by molar-refractivity contribution is 9.10. The second-order valence-electron chi connectivity index (χ2n) is 6.61. The van der Waals surface area contributed by atoms with Crippen molar-refractivity contribution in [3.8, 4) is 6.07 Å². The van der Waals surface area contributed by atoms with E-state index in [0.717, 1.165) is 37.9 Å². The minimum absolute atomic E-state index is 0.265. The Hall–Kier alpha value is -2.57. The second-order valence-corrected chi connectivity index (χ2v) is 7.36. The minimum atomic E-state index is -0.265. The normalized spacial score (nSPS) is 16.6. The van der Waals surface area contributed by atoms with Gasteiger partial charge in [0.15, 0.2) is 11.3 Å². The number of nitrogens with two attached hydrogens (primary N) is 1. The fourth-order valence-electron chi connectivity index (χ4n) is 3.34. The highest BCUT2D eigenvalue weighted by atomic mass is 79.9. The summed E-state index contributed by atoms with van der Waals surface area (Å²) < 4.78 is 0.548. The lowest BCUT2D eigenvalue weighted by molar-refractivity contribution is 0.329. The summed E-state index contributed by atoms with van der Waals surface area (Å²) in [4.78, 5) is 15.2. The van der Waals surface area contributed by atoms with Crippen LogP contribution < -0.4 is 10.6 Å². The summed E-state index contributed by atoms with van der Waals surface area (Å²) in [7, 11) is 0. The smallest absolute Gasteiger partial charge is 0.228 e. The maximum absolute atomic E-state index is 9.40. The van der Waals surface area contributed by atoms with Gasteiger partial charge in [-0.05, 0) is 46.8 Å². The van der Waals surface area contributed by atoms with Gasteiger partial charge in [-0.25, -0.2) is 4.98 Å². The van der Waals surface area contributed by atoms with Crippen LogP contribution in [0.15, 0.2) is 29.1 Å². The predicted molar refractivity (Wildman–Crippen MR) is 100 cm³/mol. The van der Waals surface area contributed by atoms with E-state index in [0.29, 0.717) is 27.3 Å². The summed E-state index contributed by atoms with van der Waals surface area (Å²) in [5.41, 5.74) is 8.36. The number of anilines is 1. The molecule has 0 amide bonds. The molecule has 132 valence electrons. The van der Waals surface area contributed by atoms with Gasteiger partial charge in [-0.1, -0.05) is 6.07 Å². The average molecular weight is 413 g/mol. The van der Waals surface area contributed by atoms with Crippen LogP contribution in [0, 0.1) is 11.3 Å². The van der Waals surface area contributed by atoms with Crippen LogP contribution in [0.5, 0.6) is 0 Å². The number of rotatable bonds is 3. The molecule has 9 heteroatoms.